The van der Waals surface area contributed by atoms with Gasteiger partial charge in [-0.25, -0.2) is 14.3 Å². The van der Waals surface area contributed by atoms with Crippen LogP contribution in [0.3, 0.4) is 0 Å². The highest BCUT2D eigenvalue weighted by Gasteiger charge is 2.29. The highest BCUT2D eigenvalue weighted by atomic mass is 31.2. The Morgan fingerprint density at radius 1 is 0.956 bits per heavy atom. The van der Waals surface area contributed by atoms with E-state index in [1.165, 1.54) is 36.5 Å². The maximum absolute atomic E-state index is 13.5. The third kappa shape index (κ3) is 9.25. The summed E-state index contributed by atoms with van der Waals surface area (Å²) in [5.41, 5.74) is 2.11. The molecular weight excluding hydrogens is 609 g/mol. The fourth-order valence-corrected chi connectivity index (χ4v) is 4.54. The summed E-state index contributed by atoms with van der Waals surface area (Å²) in [5, 5.41) is 14.3. The zero-order chi connectivity index (χ0) is 33.3. The number of nitrogens with zero attached hydrogens (tertiary/aromatic N) is 1. The van der Waals surface area contributed by atoms with Gasteiger partial charge in [0.1, 0.15) is 5.75 Å². The smallest absolute Gasteiger partial charge is 0.428 e. The van der Waals surface area contributed by atoms with Crippen molar-refractivity contribution in [2.75, 3.05) is 24.8 Å². The Kier molecular flexibility index (Phi) is 11.6. The van der Waals surface area contributed by atoms with Crippen LogP contribution >= 0.6 is 7.82 Å². The third-order valence-corrected chi connectivity index (χ3v) is 6.76. The maximum atomic E-state index is 13.5. The Morgan fingerprint density at radius 3 is 2.22 bits per heavy atom. The van der Waals surface area contributed by atoms with Gasteiger partial charge in [-0.1, -0.05) is 18.2 Å². The molecule has 3 aromatic rings. The van der Waals surface area contributed by atoms with Crippen molar-refractivity contribution in [2.45, 2.75) is 34.1 Å². The summed E-state index contributed by atoms with van der Waals surface area (Å²) in [7, 11) is -4.73. The van der Waals surface area contributed by atoms with Gasteiger partial charge in [-0.05, 0) is 68.7 Å². The fraction of sp³-hybridized carbons (Fsp3) is 0.276. The summed E-state index contributed by atoms with van der Waals surface area (Å²) in [5.74, 6) is -2.05. The molecule has 0 fully saturated rings. The number of benzene rings is 2. The van der Waals surface area contributed by atoms with E-state index in [1.807, 2.05) is 0 Å². The second kappa shape index (κ2) is 15.1. The number of phosphoric acid groups is 1. The lowest BCUT2D eigenvalue weighted by atomic mass is 10.1. The summed E-state index contributed by atoms with van der Waals surface area (Å²) in [4.78, 5) is 72.4. The van der Waals surface area contributed by atoms with Gasteiger partial charge in [0.2, 0.25) is 6.79 Å². The maximum Gasteiger partial charge on any atom is 0.524 e. The van der Waals surface area contributed by atoms with Gasteiger partial charge in [0, 0.05) is 24.8 Å². The van der Waals surface area contributed by atoms with Gasteiger partial charge in [0.05, 0.1) is 23.4 Å². The minimum absolute atomic E-state index is 0.0983. The second-order valence-electron chi connectivity index (χ2n) is 9.55. The first-order valence-electron chi connectivity index (χ1n) is 13.7. The normalized spacial score (nSPS) is 10.9. The number of H-pyrrole nitrogens is 1. The molecule has 0 saturated heterocycles. The molecular formula is C29H34N5O10P. The lowest BCUT2D eigenvalue weighted by molar-refractivity contribution is -0.150. The predicted molar refractivity (Wildman–Crippen MR) is 162 cm³/mol. The Labute approximate surface area is 258 Å². The van der Waals surface area contributed by atoms with E-state index in [1.54, 1.807) is 39.8 Å². The molecule has 0 bridgehead atoms. The SMILES string of the molecule is CCNC(=O)c1ccc(C)c(N(C(=N)c2[nH]cc(C(=O)NCC)c2C)C(=O)OCOC(=O)Cc2ccc(OP(=O)(O)O)cc2)c1. The molecule has 0 aliphatic carbocycles. The van der Waals surface area contributed by atoms with E-state index in [-0.39, 0.29) is 40.6 Å². The Bertz CT molecular complexity index is 1630. The molecule has 0 unspecified atom stereocenters. The third-order valence-electron chi connectivity index (χ3n) is 6.31. The van der Waals surface area contributed by atoms with Crippen LogP contribution in [0, 0.1) is 19.3 Å². The molecule has 15 nitrogen and oxygen atoms in total. The Morgan fingerprint density at radius 2 is 1.60 bits per heavy atom. The fourth-order valence-electron chi connectivity index (χ4n) is 4.14. The van der Waals surface area contributed by atoms with E-state index >= 15 is 0 Å². The monoisotopic (exact) mass is 643 g/mol. The van der Waals surface area contributed by atoms with Gasteiger partial charge in [0.15, 0.2) is 5.84 Å². The number of anilines is 1. The minimum atomic E-state index is -4.73. The highest BCUT2D eigenvalue weighted by Crippen LogP contribution is 2.37. The van der Waals surface area contributed by atoms with E-state index in [4.69, 9.17) is 24.7 Å². The van der Waals surface area contributed by atoms with Crippen LogP contribution in [0.2, 0.25) is 0 Å². The summed E-state index contributed by atoms with van der Waals surface area (Å²) < 4.78 is 25.7. The van der Waals surface area contributed by atoms with Crippen molar-refractivity contribution in [2.24, 2.45) is 0 Å². The molecule has 3 rings (SSSR count). The summed E-state index contributed by atoms with van der Waals surface area (Å²) in [6.45, 7) is 6.73. The molecule has 6 N–H and O–H groups in total. The summed E-state index contributed by atoms with van der Waals surface area (Å²) in [6, 6.07) is 9.93. The van der Waals surface area contributed by atoms with Gasteiger partial charge in [-0.15, -0.1) is 0 Å². The van der Waals surface area contributed by atoms with Crippen molar-refractivity contribution in [3.63, 3.8) is 0 Å². The first-order chi connectivity index (χ1) is 21.2. The van der Waals surface area contributed by atoms with Crippen LogP contribution < -0.4 is 20.1 Å². The second-order valence-corrected chi connectivity index (χ2v) is 10.7. The molecule has 0 aliphatic heterocycles. The first kappa shape index (κ1) is 34.5. The number of nitrogens with one attached hydrogen (secondary N) is 4. The average Bonchev–Trinajstić information content (AvgIpc) is 3.36. The zero-order valence-electron chi connectivity index (χ0n) is 25.0. The molecule has 0 saturated carbocycles. The van der Waals surface area contributed by atoms with Crippen molar-refractivity contribution < 1.29 is 47.5 Å². The molecule has 0 spiro atoms. The largest absolute Gasteiger partial charge is 0.524 e. The van der Waals surface area contributed by atoms with Crippen LogP contribution in [-0.2, 0) is 25.3 Å². The molecule has 0 atom stereocenters. The number of carbonyl (C=O) groups is 4. The minimum Gasteiger partial charge on any atom is -0.428 e. The van der Waals surface area contributed by atoms with Crippen LogP contribution in [0.25, 0.3) is 0 Å². The molecule has 1 aromatic heterocycles. The molecule has 0 radical (unpaired) electrons. The number of amidine groups is 1. The van der Waals surface area contributed by atoms with Gasteiger partial charge in [0.25, 0.3) is 11.8 Å². The lowest BCUT2D eigenvalue weighted by Gasteiger charge is -2.25. The van der Waals surface area contributed by atoms with Crippen LogP contribution in [0.15, 0.2) is 48.7 Å². The van der Waals surface area contributed by atoms with E-state index in [0.29, 0.717) is 29.8 Å². The number of aromatic nitrogens is 1. The first-order valence-corrected chi connectivity index (χ1v) is 15.2. The van der Waals surface area contributed by atoms with Gasteiger partial charge >= 0.3 is 19.9 Å². The molecule has 240 valence electrons. The quantitative estimate of drug-likeness (QED) is 0.0556. The standard InChI is InChI=1S/C29H34N5O10P/c1-5-31-27(36)20-10-7-17(3)23(14-20)34(26(30)25-18(4)22(15-33-25)28(37)32-6-2)29(38)43-16-42-24(35)13-19-8-11-21(12-9-19)44-45(39,40)41/h7-12,14-15,30,33H,5-6,13,16H2,1-4H3,(H,31,36)(H,32,37)(H2,39,40,41). The van der Waals surface area contributed by atoms with E-state index in [2.05, 4.69) is 20.1 Å². The number of aryl methyl sites for hydroxylation is 1. The van der Waals surface area contributed by atoms with Gasteiger partial charge < -0.3 is 29.6 Å². The van der Waals surface area contributed by atoms with E-state index in [0.717, 1.165) is 4.90 Å². The van der Waals surface area contributed by atoms with Crippen LogP contribution in [0.4, 0.5) is 10.5 Å². The van der Waals surface area contributed by atoms with Gasteiger partial charge in [-0.3, -0.25) is 29.6 Å². The van der Waals surface area contributed by atoms with Crippen molar-refractivity contribution in [1.29, 1.82) is 5.41 Å². The number of aromatic amines is 1. The highest BCUT2D eigenvalue weighted by molar-refractivity contribution is 7.46. The number of esters is 1. The molecule has 1 heterocycles. The van der Waals surface area contributed by atoms with Crippen molar-refractivity contribution in [3.05, 3.63) is 82.2 Å². The van der Waals surface area contributed by atoms with E-state index < -0.39 is 38.4 Å². The topological polar surface area (TPSA) is 220 Å². The van der Waals surface area contributed by atoms with Crippen LogP contribution in [-0.4, -0.2) is 64.4 Å². The molecule has 3 amide bonds. The predicted octanol–water partition coefficient (Wildman–Crippen LogP) is 3.31. The average molecular weight is 644 g/mol. The molecule has 0 aliphatic rings. The number of ether oxygens (including phenoxy) is 2. The number of hydrogen-bond acceptors (Lipinski definition) is 9. The van der Waals surface area contributed by atoms with Gasteiger partial charge in [-0.2, -0.15) is 0 Å². The Hall–Kier alpha value is -4.98. The summed E-state index contributed by atoms with van der Waals surface area (Å²) in [6.07, 6.45) is 0.0558. The molecule has 45 heavy (non-hydrogen) atoms. The van der Waals surface area contributed by atoms with Crippen LogP contribution in [0.1, 0.15) is 56.9 Å². The molecule has 16 heteroatoms. The number of phosphoric ester groups is 1. The number of rotatable bonds is 12. The van der Waals surface area contributed by atoms with Crippen molar-refractivity contribution >= 4 is 43.2 Å². The Balaban J connectivity index is 1.82. The lowest BCUT2D eigenvalue weighted by Crippen LogP contribution is -2.39. The van der Waals surface area contributed by atoms with Crippen molar-refractivity contribution in [1.82, 2.24) is 15.6 Å². The van der Waals surface area contributed by atoms with Crippen LogP contribution in [0.5, 0.6) is 5.75 Å². The number of carbonyl (C=O) groups excluding carboxylic acids is 4. The van der Waals surface area contributed by atoms with E-state index in [9.17, 15) is 23.7 Å². The molecule has 2 aromatic carbocycles. The summed E-state index contributed by atoms with van der Waals surface area (Å²) >= 11 is 0. The van der Waals surface area contributed by atoms with Crippen molar-refractivity contribution in [3.8, 4) is 5.75 Å². The number of hydrogen-bond donors (Lipinski definition) is 6. The zero-order valence-corrected chi connectivity index (χ0v) is 25.9. The number of amides is 3.